The summed E-state index contributed by atoms with van der Waals surface area (Å²) in [4.78, 5) is 0.429. The predicted octanol–water partition coefficient (Wildman–Crippen LogP) is 7.12. The number of unbranched alkanes of at least 4 members (excludes halogenated alkanes) is 9. The van der Waals surface area contributed by atoms with Crippen molar-refractivity contribution in [1.82, 2.24) is 0 Å². The molecule has 2 nitrogen and oxygen atoms in total. The lowest BCUT2D eigenvalue weighted by molar-refractivity contribution is 0.549. The van der Waals surface area contributed by atoms with E-state index in [1.165, 1.54) is 57.8 Å². The van der Waals surface area contributed by atoms with Crippen LogP contribution in [0.3, 0.4) is 0 Å². The van der Waals surface area contributed by atoms with Gasteiger partial charge in [0.2, 0.25) is 8.87 Å². The lowest BCUT2D eigenvalue weighted by Crippen LogP contribution is -2.04. The van der Waals surface area contributed by atoms with Gasteiger partial charge in [0.15, 0.2) is 0 Å². The molecule has 1 atom stereocenters. The van der Waals surface area contributed by atoms with Gasteiger partial charge in [0, 0.05) is 5.25 Å². The van der Waals surface area contributed by atoms with Crippen molar-refractivity contribution in [2.24, 2.45) is 0 Å². The lowest BCUT2D eigenvalue weighted by atomic mass is 10.1. The van der Waals surface area contributed by atoms with E-state index in [0.29, 0.717) is 4.90 Å². The van der Waals surface area contributed by atoms with Crippen molar-refractivity contribution in [2.45, 2.75) is 102 Å². The normalized spacial score (nSPS) is 13.1. The summed E-state index contributed by atoms with van der Waals surface area (Å²) in [5.41, 5.74) is 1.09. The Kier molecular flexibility index (Phi) is 11.6. The predicted molar refractivity (Wildman–Crippen MR) is 112 cm³/mol. The fourth-order valence-corrected chi connectivity index (χ4v) is 6.47. The average Bonchev–Trinajstić information content (AvgIpc) is 2.56. The van der Waals surface area contributed by atoms with Crippen LogP contribution in [0.25, 0.3) is 0 Å². The van der Waals surface area contributed by atoms with Crippen molar-refractivity contribution >= 4 is 19.7 Å². The maximum Gasteiger partial charge on any atom is 0.230 e. The maximum absolute atomic E-state index is 12.4. The SMILES string of the molecule is CCCCCCCCCCCC[C@@H](C)SS(=O)(=O)c1ccc(C)cc1. The first-order valence-electron chi connectivity index (χ1n) is 9.95. The zero-order valence-electron chi connectivity index (χ0n) is 16.3. The monoisotopic (exact) mass is 384 g/mol. The highest BCUT2D eigenvalue weighted by molar-refractivity contribution is 8.72. The number of rotatable bonds is 14. The molecule has 1 rings (SSSR count). The van der Waals surface area contributed by atoms with E-state index >= 15 is 0 Å². The Bertz CT molecular complexity index is 550. The molecule has 0 unspecified atom stereocenters. The minimum Gasteiger partial charge on any atom is -0.212 e. The highest BCUT2D eigenvalue weighted by Gasteiger charge is 2.19. The molecule has 144 valence electrons. The molecule has 1 aromatic rings. The van der Waals surface area contributed by atoms with E-state index in [2.05, 4.69) is 6.92 Å². The first kappa shape index (κ1) is 22.6. The van der Waals surface area contributed by atoms with Gasteiger partial charge in [-0.25, -0.2) is 8.42 Å². The molecule has 0 N–H and O–H groups in total. The molecule has 4 heteroatoms. The zero-order chi connectivity index (χ0) is 18.5. The highest BCUT2D eigenvalue weighted by atomic mass is 33.1. The van der Waals surface area contributed by atoms with Crippen LogP contribution < -0.4 is 0 Å². The molecule has 1 aromatic carbocycles. The van der Waals surface area contributed by atoms with Crippen molar-refractivity contribution in [3.05, 3.63) is 29.8 Å². The number of hydrogen-bond acceptors (Lipinski definition) is 3. The smallest absolute Gasteiger partial charge is 0.212 e. The molecule has 0 aliphatic carbocycles. The van der Waals surface area contributed by atoms with E-state index in [0.717, 1.165) is 29.2 Å². The number of hydrogen-bond donors (Lipinski definition) is 0. The van der Waals surface area contributed by atoms with Gasteiger partial charge in [0.05, 0.1) is 4.90 Å². The minimum atomic E-state index is -3.22. The second-order valence-electron chi connectivity index (χ2n) is 7.14. The summed E-state index contributed by atoms with van der Waals surface area (Å²) >= 11 is 0. The molecule has 0 bridgehead atoms. The molecule has 0 spiro atoms. The Labute approximate surface area is 159 Å². The highest BCUT2D eigenvalue weighted by Crippen LogP contribution is 2.30. The number of benzene rings is 1. The number of aryl methyl sites for hydroxylation is 1. The Morgan fingerprint density at radius 1 is 0.840 bits per heavy atom. The van der Waals surface area contributed by atoms with Crippen LogP contribution in [0.1, 0.15) is 90.0 Å². The fraction of sp³-hybridized carbons (Fsp3) is 0.714. The van der Waals surface area contributed by atoms with Crippen LogP contribution in [0, 0.1) is 6.92 Å². The molecule has 0 saturated heterocycles. The topological polar surface area (TPSA) is 34.1 Å². The molecule has 0 amide bonds. The minimum absolute atomic E-state index is 0.153. The molecule has 0 radical (unpaired) electrons. The molecular formula is C21H36O2S2. The summed E-state index contributed by atoms with van der Waals surface area (Å²) in [6.07, 6.45) is 14.2. The van der Waals surface area contributed by atoms with Crippen LogP contribution in [0.4, 0.5) is 0 Å². The fourth-order valence-electron chi connectivity index (χ4n) is 2.94. The van der Waals surface area contributed by atoms with Crippen LogP contribution in [0.15, 0.2) is 29.2 Å². The standard InChI is InChI=1S/C21H36O2S2/c1-4-5-6-7-8-9-10-11-12-13-14-20(3)24-25(22,23)21-17-15-19(2)16-18-21/h15-18,20H,4-14H2,1-3H3/t20-/m1/s1. The van der Waals surface area contributed by atoms with Crippen LogP contribution in [-0.4, -0.2) is 13.7 Å². The zero-order valence-corrected chi connectivity index (χ0v) is 17.9. The molecule has 0 aliphatic rings. The summed E-state index contributed by atoms with van der Waals surface area (Å²) in [5, 5.41) is 0.153. The van der Waals surface area contributed by atoms with Crippen LogP contribution >= 0.6 is 10.8 Å². The summed E-state index contributed by atoms with van der Waals surface area (Å²) in [6, 6.07) is 7.15. The molecule has 0 heterocycles. The van der Waals surface area contributed by atoms with Gasteiger partial charge in [0.25, 0.3) is 0 Å². The van der Waals surface area contributed by atoms with Crippen LogP contribution in [0.5, 0.6) is 0 Å². The van der Waals surface area contributed by atoms with E-state index in [-0.39, 0.29) is 5.25 Å². The van der Waals surface area contributed by atoms with E-state index in [9.17, 15) is 8.42 Å². The van der Waals surface area contributed by atoms with Gasteiger partial charge in [0.1, 0.15) is 0 Å². The van der Waals surface area contributed by atoms with E-state index < -0.39 is 8.87 Å². The van der Waals surface area contributed by atoms with Crippen LogP contribution in [0.2, 0.25) is 0 Å². The molecule has 0 saturated carbocycles. The molecule has 0 aromatic heterocycles. The summed E-state index contributed by atoms with van der Waals surface area (Å²) < 4.78 is 24.8. The molecule has 25 heavy (non-hydrogen) atoms. The maximum atomic E-state index is 12.4. The van der Waals surface area contributed by atoms with Gasteiger partial charge in [-0.05, 0) is 36.3 Å². The Hall–Kier alpha value is -0.480. The van der Waals surface area contributed by atoms with Gasteiger partial charge < -0.3 is 0 Å². The molecule has 0 fully saturated rings. The van der Waals surface area contributed by atoms with Crippen molar-refractivity contribution in [3.63, 3.8) is 0 Å². The van der Waals surface area contributed by atoms with Gasteiger partial charge in [-0.2, -0.15) is 0 Å². The van der Waals surface area contributed by atoms with Crippen LogP contribution in [-0.2, 0) is 8.87 Å². The van der Waals surface area contributed by atoms with Crippen molar-refractivity contribution in [3.8, 4) is 0 Å². The second-order valence-corrected chi connectivity index (χ2v) is 11.4. The summed E-state index contributed by atoms with van der Waals surface area (Å²) in [6.45, 7) is 6.26. The Morgan fingerprint density at radius 3 is 1.84 bits per heavy atom. The third-order valence-corrected chi connectivity index (χ3v) is 8.55. The second kappa shape index (κ2) is 12.8. The summed E-state index contributed by atoms with van der Waals surface area (Å²) in [5.74, 6) is 0. The third-order valence-electron chi connectivity index (χ3n) is 4.56. The van der Waals surface area contributed by atoms with Gasteiger partial charge in [-0.3, -0.25) is 0 Å². The first-order chi connectivity index (χ1) is 12.0. The van der Waals surface area contributed by atoms with Gasteiger partial charge >= 0.3 is 0 Å². The average molecular weight is 385 g/mol. The molecule has 0 aliphatic heterocycles. The summed E-state index contributed by atoms with van der Waals surface area (Å²) in [7, 11) is -2.11. The van der Waals surface area contributed by atoms with Crippen molar-refractivity contribution < 1.29 is 8.42 Å². The van der Waals surface area contributed by atoms with E-state index in [1.54, 1.807) is 12.1 Å². The largest absolute Gasteiger partial charge is 0.230 e. The third kappa shape index (κ3) is 10.3. The first-order valence-corrected chi connectivity index (χ1v) is 12.8. The quantitative estimate of drug-likeness (QED) is 0.253. The van der Waals surface area contributed by atoms with Gasteiger partial charge in [-0.1, -0.05) is 95.8 Å². The van der Waals surface area contributed by atoms with E-state index in [4.69, 9.17) is 0 Å². The van der Waals surface area contributed by atoms with Gasteiger partial charge in [-0.15, -0.1) is 0 Å². The van der Waals surface area contributed by atoms with Crippen molar-refractivity contribution in [2.75, 3.05) is 0 Å². The molecular weight excluding hydrogens is 348 g/mol. The van der Waals surface area contributed by atoms with E-state index in [1.807, 2.05) is 26.0 Å². The Morgan fingerprint density at radius 2 is 1.32 bits per heavy atom. The van der Waals surface area contributed by atoms with Crippen molar-refractivity contribution in [1.29, 1.82) is 0 Å². The Balaban J connectivity index is 2.12. The lowest BCUT2D eigenvalue weighted by Gasteiger charge is -2.11.